The van der Waals surface area contributed by atoms with Crippen molar-refractivity contribution in [2.24, 2.45) is 0 Å². The first-order chi connectivity index (χ1) is 8.08. The number of nitrogens with one attached hydrogen (secondary N) is 1. The van der Waals surface area contributed by atoms with Gasteiger partial charge in [-0.05, 0) is 37.7 Å². The van der Waals surface area contributed by atoms with Crippen molar-refractivity contribution in [2.75, 3.05) is 20.1 Å². The molecule has 1 aliphatic heterocycles. The van der Waals surface area contributed by atoms with Crippen LogP contribution in [-0.4, -0.2) is 31.1 Å². The Balaban J connectivity index is 2.07. The molecule has 0 saturated carbocycles. The van der Waals surface area contributed by atoms with E-state index in [-0.39, 0.29) is 0 Å². The molecule has 0 bridgehead atoms. The Kier molecular flexibility index (Phi) is 3.69. The summed E-state index contributed by atoms with van der Waals surface area (Å²) in [6.45, 7) is 2.25. The van der Waals surface area contributed by atoms with Crippen LogP contribution in [-0.2, 0) is 6.54 Å². The van der Waals surface area contributed by atoms with E-state index in [1.807, 2.05) is 11.9 Å². The molecule has 2 nitrogen and oxygen atoms in total. The molecular weight excluding hydrogens is 229 g/mol. The number of benzene rings is 1. The lowest BCUT2D eigenvalue weighted by Gasteiger charge is -2.23. The van der Waals surface area contributed by atoms with Crippen molar-refractivity contribution >= 4 is 0 Å². The summed E-state index contributed by atoms with van der Waals surface area (Å²) in [7, 11) is 1.90. The third-order valence-corrected chi connectivity index (χ3v) is 3.13. The zero-order chi connectivity index (χ0) is 12.4. The van der Waals surface area contributed by atoms with Crippen molar-refractivity contribution in [1.29, 1.82) is 0 Å². The molecule has 0 aromatic heterocycles. The van der Waals surface area contributed by atoms with Gasteiger partial charge in [0, 0.05) is 19.1 Å². The Bertz CT molecular complexity index is 380. The van der Waals surface area contributed by atoms with Crippen molar-refractivity contribution in [2.45, 2.75) is 19.0 Å². The van der Waals surface area contributed by atoms with E-state index in [1.54, 1.807) is 0 Å². The molecule has 94 valence electrons. The zero-order valence-corrected chi connectivity index (χ0v) is 9.64. The molecule has 1 aliphatic rings. The summed E-state index contributed by atoms with van der Waals surface area (Å²) in [5.74, 6) is -3.66. The molecule has 0 radical (unpaired) electrons. The lowest BCUT2D eigenvalue weighted by Crippen LogP contribution is -2.32. The van der Waals surface area contributed by atoms with E-state index in [9.17, 15) is 13.2 Å². The van der Waals surface area contributed by atoms with Gasteiger partial charge in [0.15, 0.2) is 17.5 Å². The SMILES string of the molecule is CN(Cc1cc(F)c(F)c(F)c1)C1CCNC1. The molecular formula is C12H15F3N2. The van der Waals surface area contributed by atoms with Crippen LogP contribution in [0, 0.1) is 17.5 Å². The third-order valence-electron chi connectivity index (χ3n) is 3.13. The first-order valence-electron chi connectivity index (χ1n) is 5.62. The fourth-order valence-corrected chi connectivity index (χ4v) is 2.13. The van der Waals surface area contributed by atoms with E-state index in [0.717, 1.165) is 31.6 Å². The lowest BCUT2D eigenvalue weighted by atomic mass is 10.1. The summed E-state index contributed by atoms with van der Waals surface area (Å²) < 4.78 is 38.8. The fraction of sp³-hybridized carbons (Fsp3) is 0.500. The van der Waals surface area contributed by atoms with Crippen molar-refractivity contribution in [1.82, 2.24) is 10.2 Å². The molecule has 5 heteroatoms. The van der Waals surface area contributed by atoms with Crippen LogP contribution in [0.5, 0.6) is 0 Å². The van der Waals surface area contributed by atoms with Crippen LogP contribution >= 0.6 is 0 Å². The van der Waals surface area contributed by atoms with Gasteiger partial charge in [0.2, 0.25) is 0 Å². The van der Waals surface area contributed by atoms with Crippen LogP contribution in [0.15, 0.2) is 12.1 Å². The van der Waals surface area contributed by atoms with Gasteiger partial charge in [-0.1, -0.05) is 0 Å². The molecule has 1 fully saturated rings. The fourth-order valence-electron chi connectivity index (χ4n) is 2.13. The average molecular weight is 244 g/mol. The Hall–Kier alpha value is -1.07. The van der Waals surface area contributed by atoms with Crippen LogP contribution < -0.4 is 5.32 Å². The monoisotopic (exact) mass is 244 g/mol. The normalized spacial score (nSPS) is 20.2. The predicted octanol–water partition coefficient (Wildman–Crippen LogP) is 1.90. The number of halogens is 3. The molecule has 0 spiro atoms. The van der Waals surface area contributed by atoms with Gasteiger partial charge in [0.25, 0.3) is 0 Å². The molecule has 1 aromatic rings. The van der Waals surface area contributed by atoms with Crippen molar-refractivity contribution in [3.63, 3.8) is 0 Å². The summed E-state index contributed by atoms with van der Waals surface area (Å²) in [6.07, 6.45) is 1.02. The second-order valence-corrected chi connectivity index (χ2v) is 4.44. The van der Waals surface area contributed by atoms with Gasteiger partial charge in [-0.2, -0.15) is 0 Å². The molecule has 1 N–H and O–H groups in total. The topological polar surface area (TPSA) is 15.3 Å². The van der Waals surface area contributed by atoms with Crippen molar-refractivity contribution < 1.29 is 13.2 Å². The van der Waals surface area contributed by atoms with Gasteiger partial charge in [-0.15, -0.1) is 0 Å². The summed E-state index contributed by atoms with van der Waals surface area (Å²) >= 11 is 0. The molecule has 1 saturated heterocycles. The summed E-state index contributed by atoms with van der Waals surface area (Å²) in [5.41, 5.74) is 0.454. The van der Waals surface area contributed by atoms with Crippen molar-refractivity contribution in [3.05, 3.63) is 35.1 Å². The number of likely N-dealkylation sites (N-methyl/N-ethyl adjacent to an activating group) is 1. The standard InChI is InChI=1S/C12H15F3N2/c1-17(9-2-3-16-6-9)7-8-4-10(13)12(15)11(14)5-8/h4-5,9,16H,2-3,6-7H2,1H3. The highest BCUT2D eigenvalue weighted by molar-refractivity contribution is 5.19. The highest BCUT2D eigenvalue weighted by atomic mass is 19.2. The Morgan fingerprint density at radius 3 is 2.47 bits per heavy atom. The van der Waals surface area contributed by atoms with Crippen LogP contribution in [0.2, 0.25) is 0 Å². The summed E-state index contributed by atoms with van der Waals surface area (Å²) in [6, 6.07) is 2.47. The van der Waals surface area contributed by atoms with E-state index >= 15 is 0 Å². The smallest absolute Gasteiger partial charge is 0.194 e. The molecule has 1 unspecified atom stereocenters. The highest BCUT2D eigenvalue weighted by Crippen LogP contribution is 2.16. The Morgan fingerprint density at radius 2 is 1.94 bits per heavy atom. The average Bonchev–Trinajstić information content (AvgIpc) is 2.79. The maximum absolute atomic E-state index is 13.0. The van der Waals surface area contributed by atoms with Gasteiger partial charge in [-0.25, -0.2) is 13.2 Å². The Morgan fingerprint density at radius 1 is 1.29 bits per heavy atom. The zero-order valence-electron chi connectivity index (χ0n) is 9.64. The van der Waals surface area contributed by atoms with E-state index < -0.39 is 17.5 Å². The van der Waals surface area contributed by atoms with Crippen LogP contribution in [0.25, 0.3) is 0 Å². The van der Waals surface area contributed by atoms with Crippen LogP contribution in [0.1, 0.15) is 12.0 Å². The molecule has 1 heterocycles. The second-order valence-electron chi connectivity index (χ2n) is 4.44. The van der Waals surface area contributed by atoms with Crippen molar-refractivity contribution in [3.8, 4) is 0 Å². The number of hydrogen-bond acceptors (Lipinski definition) is 2. The largest absolute Gasteiger partial charge is 0.315 e. The minimum Gasteiger partial charge on any atom is -0.315 e. The molecule has 17 heavy (non-hydrogen) atoms. The van der Waals surface area contributed by atoms with Gasteiger partial charge >= 0.3 is 0 Å². The number of nitrogens with zero attached hydrogens (tertiary/aromatic N) is 1. The highest BCUT2D eigenvalue weighted by Gasteiger charge is 2.20. The molecule has 2 rings (SSSR count). The van der Waals surface area contributed by atoms with E-state index in [4.69, 9.17) is 0 Å². The maximum atomic E-state index is 13.0. The molecule has 0 amide bonds. The van der Waals surface area contributed by atoms with Gasteiger partial charge in [-0.3, -0.25) is 4.90 Å². The number of hydrogen-bond donors (Lipinski definition) is 1. The summed E-state index contributed by atoms with van der Waals surface area (Å²) in [5, 5.41) is 3.22. The lowest BCUT2D eigenvalue weighted by molar-refractivity contribution is 0.248. The quantitative estimate of drug-likeness (QED) is 0.817. The van der Waals surface area contributed by atoms with Gasteiger partial charge in [0.1, 0.15) is 0 Å². The van der Waals surface area contributed by atoms with E-state index in [0.29, 0.717) is 18.2 Å². The first kappa shape index (κ1) is 12.4. The Labute approximate surface area is 98.4 Å². The third kappa shape index (κ3) is 2.79. The van der Waals surface area contributed by atoms with E-state index in [1.165, 1.54) is 0 Å². The van der Waals surface area contributed by atoms with Crippen LogP contribution in [0.4, 0.5) is 13.2 Å². The van der Waals surface area contributed by atoms with Gasteiger partial charge < -0.3 is 5.32 Å². The molecule has 0 aliphatic carbocycles. The predicted molar refractivity (Wildman–Crippen MR) is 59.1 cm³/mol. The van der Waals surface area contributed by atoms with Gasteiger partial charge in [0.05, 0.1) is 0 Å². The second kappa shape index (κ2) is 5.06. The molecule has 1 atom stereocenters. The minimum atomic E-state index is -1.40. The molecule has 1 aromatic carbocycles. The summed E-state index contributed by atoms with van der Waals surface area (Å²) in [4.78, 5) is 2.02. The van der Waals surface area contributed by atoms with Crippen LogP contribution in [0.3, 0.4) is 0 Å². The van der Waals surface area contributed by atoms with E-state index in [2.05, 4.69) is 5.32 Å². The minimum absolute atomic E-state index is 0.367. The number of rotatable bonds is 3. The maximum Gasteiger partial charge on any atom is 0.194 e. The first-order valence-corrected chi connectivity index (χ1v) is 5.62.